The molecule has 1 fully saturated rings. The fraction of sp³-hybridized carbons (Fsp3) is 0.560. The smallest absolute Gasteiger partial charge is 0.341 e. The molecular formula is C25H37N6O+. The van der Waals surface area contributed by atoms with Gasteiger partial charge in [0, 0.05) is 29.2 Å². The Balaban J connectivity index is 1.45. The van der Waals surface area contributed by atoms with Gasteiger partial charge in [-0.1, -0.05) is 75.2 Å². The van der Waals surface area contributed by atoms with Crippen molar-refractivity contribution >= 4 is 16.9 Å². The molecule has 3 aromatic rings. The van der Waals surface area contributed by atoms with Gasteiger partial charge in [-0.25, -0.2) is 0 Å². The Bertz CT molecular complexity index is 1050. The highest BCUT2D eigenvalue weighted by atomic mass is 16.5. The molecule has 0 spiro atoms. The lowest BCUT2D eigenvalue weighted by atomic mass is 10.1. The molecule has 0 saturated carbocycles. The van der Waals surface area contributed by atoms with E-state index in [4.69, 9.17) is 21.0 Å². The van der Waals surface area contributed by atoms with Gasteiger partial charge in [0.25, 0.3) is 5.89 Å². The van der Waals surface area contributed by atoms with Crippen LogP contribution in [0.5, 0.6) is 0 Å². The number of para-hydroxylation sites is 1. The van der Waals surface area contributed by atoms with Crippen LogP contribution in [-0.4, -0.2) is 31.8 Å². The summed E-state index contributed by atoms with van der Waals surface area (Å²) in [5.41, 5.74) is 13.9. The van der Waals surface area contributed by atoms with Gasteiger partial charge >= 0.3 is 5.96 Å². The van der Waals surface area contributed by atoms with Gasteiger partial charge in [0.2, 0.25) is 5.82 Å². The van der Waals surface area contributed by atoms with Crippen molar-refractivity contribution in [1.29, 1.82) is 0 Å². The highest BCUT2D eigenvalue weighted by Gasteiger charge is 2.31. The first-order valence-corrected chi connectivity index (χ1v) is 12.3. The van der Waals surface area contributed by atoms with Gasteiger partial charge in [-0.05, 0) is 25.3 Å². The quantitative estimate of drug-likeness (QED) is 0.251. The summed E-state index contributed by atoms with van der Waals surface area (Å²) in [6.07, 6.45) is 14.7. The Labute approximate surface area is 190 Å². The summed E-state index contributed by atoms with van der Waals surface area (Å²) in [7, 11) is 0. The fourth-order valence-corrected chi connectivity index (χ4v) is 4.84. The van der Waals surface area contributed by atoms with Gasteiger partial charge in [-0.3, -0.25) is 16.0 Å². The minimum absolute atomic E-state index is 0.0353. The van der Waals surface area contributed by atoms with Crippen molar-refractivity contribution in [2.24, 2.45) is 11.5 Å². The van der Waals surface area contributed by atoms with Gasteiger partial charge in [-0.15, -0.1) is 0 Å². The Hall–Kier alpha value is -2.83. The Morgan fingerprint density at radius 1 is 1.09 bits per heavy atom. The van der Waals surface area contributed by atoms with Crippen molar-refractivity contribution in [2.45, 2.75) is 83.7 Å². The number of benzene rings is 1. The zero-order chi connectivity index (χ0) is 22.3. The van der Waals surface area contributed by atoms with Crippen LogP contribution < -0.4 is 11.5 Å². The molecule has 1 aromatic carbocycles. The van der Waals surface area contributed by atoms with E-state index in [1.54, 1.807) is 0 Å². The van der Waals surface area contributed by atoms with Crippen molar-refractivity contribution in [3.63, 3.8) is 0 Å². The molecule has 0 bridgehead atoms. The molecule has 1 saturated heterocycles. The molecule has 3 heterocycles. The predicted octanol–water partition coefficient (Wildman–Crippen LogP) is 4.95. The van der Waals surface area contributed by atoms with Crippen LogP contribution in [0.25, 0.3) is 22.3 Å². The number of nitrogens with zero attached hydrogens (tertiary/aromatic N) is 4. The van der Waals surface area contributed by atoms with E-state index in [1.807, 2.05) is 4.58 Å². The highest BCUT2D eigenvalue weighted by Crippen LogP contribution is 2.32. The van der Waals surface area contributed by atoms with Crippen LogP contribution in [0.4, 0.5) is 0 Å². The topological polar surface area (TPSA) is 98.9 Å². The van der Waals surface area contributed by atoms with Gasteiger partial charge in [0.15, 0.2) is 6.04 Å². The van der Waals surface area contributed by atoms with E-state index in [1.165, 1.54) is 56.9 Å². The number of hydrogen-bond donors (Lipinski definition) is 2. The summed E-state index contributed by atoms with van der Waals surface area (Å²) in [5, 5.41) is 5.48. The SMILES string of the molecule is CCCCCCCCCCn1cc(-c2noc([C@@H]3CCC[N+]3=C(N)N)n2)c2ccccc21. The number of guanidine groups is 1. The zero-order valence-electron chi connectivity index (χ0n) is 19.3. The first-order valence-electron chi connectivity index (χ1n) is 12.3. The van der Waals surface area contributed by atoms with E-state index in [9.17, 15) is 0 Å². The Kier molecular flexibility index (Phi) is 7.45. The number of aryl methyl sites for hydroxylation is 1. The second-order valence-corrected chi connectivity index (χ2v) is 8.96. The standard InChI is InChI=1S/C25H36N6O/c1-2-3-4-5-6-7-8-11-16-30-18-20(19-13-9-10-14-21(19)30)23-28-24(32-29-23)22-15-12-17-31(22)25(26)27/h9-10,13-14,18,22H,2-8,11-12,15-17H2,1H3,(H3,26,27)/p+1/t22-/m0/s1. The third-order valence-corrected chi connectivity index (χ3v) is 6.59. The van der Waals surface area contributed by atoms with Crippen LogP contribution in [0.3, 0.4) is 0 Å². The average Bonchev–Trinajstić information content (AvgIpc) is 3.53. The van der Waals surface area contributed by atoms with Crippen LogP contribution in [0.1, 0.15) is 83.1 Å². The lowest BCUT2D eigenvalue weighted by Crippen LogP contribution is -2.35. The molecule has 0 unspecified atom stereocenters. The summed E-state index contributed by atoms with van der Waals surface area (Å²) in [5.74, 6) is 1.54. The van der Waals surface area contributed by atoms with E-state index in [2.05, 4.69) is 47.1 Å². The largest absolute Gasteiger partial charge is 0.347 e. The van der Waals surface area contributed by atoms with E-state index in [-0.39, 0.29) is 6.04 Å². The summed E-state index contributed by atoms with van der Waals surface area (Å²) in [6.45, 7) is 4.10. The van der Waals surface area contributed by atoms with Crippen LogP contribution >= 0.6 is 0 Å². The lowest BCUT2D eigenvalue weighted by molar-refractivity contribution is -0.555. The molecule has 0 radical (unpaired) electrons. The van der Waals surface area contributed by atoms with E-state index in [0.717, 1.165) is 36.9 Å². The average molecular weight is 438 g/mol. The summed E-state index contributed by atoms with van der Waals surface area (Å²) in [4.78, 5) is 4.75. The van der Waals surface area contributed by atoms with Crippen molar-refractivity contribution in [1.82, 2.24) is 14.7 Å². The van der Waals surface area contributed by atoms with E-state index < -0.39 is 0 Å². The zero-order valence-corrected chi connectivity index (χ0v) is 19.3. The molecule has 1 atom stereocenters. The van der Waals surface area contributed by atoms with Gasteiger partial charge in [-0.2, -0.15) is 4.98 Å². The molecule has 172 valence electrons. The summed E-state index contributed by atoms with van der Waals surface area (Å²) in [6, 6.07) is 8.43. The molecule has 32 heavy (non-hydrogen) atoms. The third kappa shape index (κ3) is 4.97. The molecule has 0 amide bonds. The molecular weight excluding hydrogens is 400 g/mol. The molecule has 4 N–H and O–H groups in total. The maximum Gasteiger partial charge on any atom is 0.341 e. The number of fused-ring (bicyclic) bond motifs is 1. The second-order valence-electron chi connectivity index (χ2n) is 8.96. The van der Waals surface area contributed by atoms with E-state index in [0.29, 0.717) is 17.7 Å². The first-order chi connectivity index (χ1) is 15.7. The monoisotopic (exact) mass is 437 g/mol. The van der Waals surface area contributed by atoms with Crippen LogP contribution in [0, 0.1) is 0 Å². The molecule has 4 rings (SSSR count). The highest BCUT2D eigenvalue weighted by molar-refractivity contribution is 5.94. The number of nitrogens with two attached hydrogens (primary N) is 2. The normalized spacial score (nSPS) is 16.3. The van der Waals surface area contributed by atoms with Gasteiger partial charge in [0.05, 0.1) is 6.54 Å². The number of rotatable bonds is 11. The van der Waals surface area contributed by atoms with Crippen molar-refractivity contribution < 1.29 is 9.10 Å². The molecule has 0 aliphatic carbocycles. The van der Waals surface area contributed by atoms with Crippen LogP contribution in [-0.2, 0) is 6.54 Å². The van der Waals surface area contributed by atoms with Crippen molar-refractivity contribution in [3.8, 4) is 11.4 Å². The minimum Gasteiger partial charge on any atom is -0.347 e. The second kappa shape index (κ2) is 10.7. The molecule has 1 aliphatic rings. The van der Waals surface area contributed by atoms with E-state index >= 15 is 0 Å². The number of aromatic nitrogens is 3. The van der Waals surface area contributed by atoms with Gasteiger partial charge < -0.3 is 9.09 Å². The lowest BCUT2D eigenvalue weighted by Gasteiger charge is -2.06. The molecule has 7 heteroatoms. The van der Waals surface area contributed by atoms with Crippen molar-refractivity contribution in [2.75, 3.05) is 6.54 Å². The Morgan fingerprint density at radius 3 is 2.62 bits per heavy atom. The number of unbranched alkanes of at least 4 members (excludes halogenated alkanes) is 7. The summed E-state index contributed by atoms with van der Waals surface area (Å²) >= 11 is 0. The Morgan fingerprint density at radius 2 is 1.84 bits per heavy atom. The van der Waals surface area contributed by atoms with Crippen LogP contribution in [0.15, 0.2) is 35.0 Å². The first kappa shape index (κ1) is 22.4. The minimum atomic E-state index is -0.0353. The molecule has 2 aromatic heterocycles. The predicted molar refractivity (Wildman–Crippen MR) is 128 cm³/mol. The summed E-state index contributed by atoms with van der Waals surface area (Å²) < 4.78 is 9.94. The maximum atomic E-state index is 5.85. The van der Waals surface area contributed by atoms with Crippen LogP contribution in [0.2, 0.25) is 0 Å². The fourth-order valence-electron chi connectivity index (χ4n) is 4.84. The maximum absolute atomic E-state index is 5.85. The molecule has 1 aliphatic heterocycles. The molecule has 7 nitrogen and oxygen atoms in total. The third-order valence-electron chi connectivity index (χ3n) is 6.59. The van der Waals surface area contributed by atoms with Crippen molar-refractivity contribution in [3.05, 3.63) is 36.4 Å². The van der Waals surface area contributed by atoms with Gasteiger partial charge in [0.1, 0.15) is 0 Å². The number of hydrogen-bond acceptors (Lipinski definition) is 3.